The molecule has 0 saturated heterocycles. The summed E-state index contributed by atoms with van der Waals surface area (Å²) < 4.78 is 11.5. The summed E-state index contributed by atoms with van der Waals surface area (Å²) in [4.78, 5) is 12.7. The van der Waals surface area contributed by atoms with Crippen LogP contribution in [-0.4, -0.2) is 19.1 Å². The highest BCUT2D eigenvalue weighted by atomic mass is 16.5. The summed E-state index contributed by atoms with van der Waals surface area (Å²) in [5, 5.41) is 3.16. The first-order valence-electron chi connectivity index (χ1n) is 8.81. The van der Waals surface area contributed by atoms with Crippen LogP contribution < -0.4 is 14.8 Å². The lowest BCUT2D eigenvalue weighted by Gasteiger charge is -2.24. The zero-order valence-electron chi connectivity index (χ0n) is 15.0. The van der Waals surface area contributed by atoms with Gasteiger partial charge >= 0.3 is 0 Å². The van der Waals surface area contributed by atoms with Crippen LogP contribution in [0.15, 0.2) is 42.5 Å². The van der Waals surface area contributed by atoms with Crippen molar-refractivity contribution < 1.29 is 14.3 Å². The van der Waals surface area contributed by atoms with E-state index in [9.17, 15) is 4.79 Å². The summed E-state index contributed by atoms with van der Waals surface area (Å²) in [6.07, 6.45) is 0.877. The molecule has 1 atom stereocenters. The smallest absolute Gasteiger partial charge is 0.251 e. The molecule has 0 unspecified atom stereocenters. The molecule has 0 bridgehead atoms. The van der Waals surface area contributed by atoms with Crippen LogP contribution in [0.4, 0.5) is 0 Å². The minimum absolute atomic E-state index is 0.0606. The van der Waals surface area contributed by atoms with Gasteiger partial charge in [-0.05, 0) is 42.7 Å². The van der Waals surface area contributed by atoms with Gasteiger partial charge < -0.3 is 14.8 Å². The molecule has 1 N–H and O–H groups in total. The van der Waals surface area contributed by atoms with E-state index in [1.54, 1.807) is 0 Å². The van der Waals surface area contributed by atoms with Crippen LogP contribution in [0.5, 0.6) is 11.5 Å². The van der Waals surface area contributed by atoms with Crippen LogP contribution in [0.25, 0.3) is 0 Å². The van der Waals surface area contributed by atoms with Crippen LogP contribution in [-0.2, 0) is 0 Å². The number of carbonyl (C=O) groups excluding carboxylic acids is 1. The first-order valence-corrected chi connectivity index (χ1v) is 8.81. The topological polar surface area (TPSA) is 47.6 Å². The maximum atomic E-state index is 12.7. The number of rotatable bonds is 4. The fraction of sp³-hybridized carbons (Fsp3) is 0.381. The fourth-order valence-corrected chi connectivity index (χ4v) is 3.02. The van der Waals surface area contributed by atoms with Gasteiger partial charge in [-0.25, -0.2) is 0 Å². The highest BCUT2D eigenvalue weighted by Gasteiger charge is 2.21. The second-order valence-corrected chi connectivity index (χ2v) is 6.82. The number of aryl methyl sites for hydroxylation is 1. The van der Waals surface area contributed by atoms with Crippen LogP contribution in [0.2, 0.25) is 0 Å². The van der Waals surface area contributed by atoms with Gasteiger partial charge in [-0.1, -0.05) is 37.6 Å². The summed E-state index contributed by atoms with van der Waals surface area (Å²) >= 11 is 0. The van der Waals surface area contributed by atoms with Crippen LogP contribution >= 0.6 is 0 Å². The lowest BCUT2D eigenvalue weighted by Crippen LogP contribution is -2.31. The number of nitrogens with one attached hydrogen (secondary N) is 1. The first-order chi connectivity index (χ1) is 12.0. The third-order valence-corrected chi connectivity index (χ3v) is 4.36. The molecule has 0 aliphatic carbocycles. The molecule has 1 amide bonds. The van der Waals surface area contributed by atoms with E-state index < -0.39 is 0 Å². The van der Waals surface area contributed by atoms with E-state index in [-0.39, 0.29) is 17.9 Å². The first kappa shape index (κ1) is 17.3. The van der Waals surface area contributed by atoms with Crippen molar-refractivity contribution in [2.45, 2.75) is 33.2 Å². The molecular weight excluding hydrogens is 314 g/mol. The molecule has 2 aromatic rings. The molecule has 1 heterocycles. The molecule has 4 heteroatoms. The second kappa shape index (κ2) is 7.60. The molecular formula is C21H25NO3. The molecule has 0 aromatic heterocycles. The zero-order valence-corrected chi connectivity index (χ0v) is 15.0. The molecule has 2 aromatic carbocycles. The maximum absolute atomic E-state index is 12.7. The molecule has 0 fully saturated rings. The normalized spacial score (nSPS) is 14.7. The average molecular weight is 339 g/mol. The Labute approximate surface area is 149 Å². The third kappa shape index (κ3) is 4.13. The van der Waals surface area contributed by atoms with Gasteiger partial charge in [0.1, 0.15) is 0 Å². The zero-order chi connectivity index (χ0) is 17.8. The van der Waals surface area contributed by atoms with E-state index in [1.807, 2.05) is 49.4 Å². The lowest BCUT2D eigenvalue weighted by atomic mass is 9.95. The van der Waals surface area contributed by atoms with Crippen molar-refractivity contribution in [3.63, 3.8) is 0 Å². The number of fused-ring (bicyclic) bond motifs is 1. The van der Waals surface area contributed by atoms with E-state index >= 15 is 0 Å². The van der Waals surface area contributed by atoms with Gasteiger partial charge in [0.2, 0.25) is 0 Å². The highest BCUT2D eigenvalue weighted by molar-refractivity contribution is 5.94. The van der Waals surface area contributed by atoms with Crippen molar-refractivity contribution in [3.05, 3.63) is 59.2 Å². The van der Waals surface area contributed by atoms with Crippen molar-refractivity contribution in [1.29, 1.82) is 0 Å². The molecule has 0 saturated carbocycles. The molecule has 4 nitrogen and oxygen atoms in total. The number of benzene rings is 2. The maximum Gasteiger partial charge on any atom is 0.251 e. The van der Waals surface area contributed by atoms with Crippen LogP contribution in [0, 0.1) is 12.8 Å². The van der Waals surface area contributed by atoms with Crippen molar-refractivity contribution in [1.82, 2.24) is 5.32 Å². The van der Waals surface area contributed by atoms with Gasteiger partial charge in [0.05, 0.1) is 19.3 Å². The molecule has 132 valence electrons. The molecule has 25 heavy (non-hydrogen) atoms. The van der Waals surface area contributed by atoms with E-state index in [4.69, 9.17) is 9.47 Å². The fourth-order valence-electron chi connectivity index (χ4n) is 3.02. The Hall–Kier alpha value is -2.49. The Bertz CT molecular complexity index is 755. The highest BCUT2D eigenvalue weighted by Crippen LogP contribution is 2.34. The average Bonchev–Trinajstić information content (AvgIpc) is 2.83. The lowest BCUT2D eigenvalue weighted by molar-refractivity contribution is 0.0925. The van der Waals surface area contributed by atoms with Gasteiger partial charge in [0, 0.05) is 12.0 Å². The Morgan fingerprint density at radius 3 is 2.52 bits per heavy atom. The summed E-state index contributed by atoms with van der Waals surface area (Å²) in [6, 6.07) is 13.5. The van der Waals surface area contributed by atoms with Gasteiger partial charge in [0.25, 0.3) is 5.91 Å². The van der Waals surface area contributed by atoms with E-state index in [2.05, 4.69) is 19.2 Å². The SMILES string of the molecule is Cc1cccc(C(=O)N[C@@H](c2ccc3c(c2)OCCCO3)C(C)C)c1. The Balaban J connectivity index is 1.84. The van der Waals surface area contributed by atoms with E-state index in [0.29, 0.717) is 18.8 Å². The Kier molecular flexibility index (Phi) is 5.27. The Morgan fingerprint density at radius 2 is 1.80 bits per heavy atom. The second-order valence-electron chi connectivity index (χ2n) is 6.82. The minimum atomic E-state index is -0.0924. The van der Waals surface area contributed by atoms with Gasteiger partial charge in [0.15, 0.2) is 11.5 Å². The van der Waals surface area contributed by atoms with Gasteiger partial charge in [-0.15, -0.1) is 0 Å². The Morgan fingerprint density at radius 1 is 1.04 bits per heavy atom. The quantitative estimate of drug-likeness (QED) is 0.904. The summed E-state index contributed by atoms with van der Waals surface area (Å²) in [5.41, 5.74) is 2.78. The largest absolute Gasteiger partial charge is 0.490 e. The van der Waals surface area contributed by atoms with Crippen molar-refractivity contribution >= 4 is 5.91 Å². The predicted octanol–water partition coefficient (Wildman–Crippen LogP) is 4.28. The van der Waals surface area contributed by atoms with Crippen molar-refractivity contribution in [2.75, 3.05) is 13.2 Å². The number of amides is 1. The van der Waals surface area contributed by atoms with Crippen LogP contribution in [0.1, 0.15) is 47.8 Å². The van der Waals surface area contributed by atoms with Gasteiger partial charge in [-0.3, -0.25) is 4.79 Å². The number of hydrogen-bond acceptors (Lipinski definition) is 3. The van der Waals surface area contributed by atoms with E-state index in [1.165, 1.54) is 0 Å². The summed E-state index contributed by atoms with van der Waals surface area (Å²) in [5.74, 6) is 1.72. The van der Waals surface area contributed by atoms with Crippen molar-refractivity contribution in [2.24, 2.45) is 5.92 Å². The standard InChI is InChI=1S/C21H25NO3/c1-14(2)20(22-21(23)17-7-4-6-15(3)12-17)16-8-9-18-19(13-16)25-11-5-10-24-18/h4,6-9,12-14,20H,5,10-11H2,1-3H3,(H,22,23)/t20-/m1/s1. The minimum Gasteiger partial charge on any atom is -0.490 e. The predicted molar refractivity (Wildman–Crippen MR) is 98.3 cm³/mol. The van der Waals surface area contributed by atoms with Crippen LogP contribution in [0.3, 0.4) is 0 Å². The molecule has 0 spiro atoms. The summed E-state index contributed by atoms with van der Waals surface area (Å²) in [7, 11) is 0. The third-order valence-electron chi connectivity index (χ3n) is 4.36. The number of hydrogen-bond donors (Lipinski definition) is 1. The molecule has 0 radical (unpaired) electrons. The van der Waals surface area contributed by atoms with E-state index in [0.717, 1.165) is 29.0 Å². The number of ether oxygens (including phenoxy) is 2. The number of carbonyl (C=O) groups is 1. The molecule has 1 aliphatic heterocycles. The van der Waals surface area contributed by atoms with Crippen molar-refractivity contribution in [3.8, 4) is 11.5 Å². The van der Waals surface area contributed by atoms with Gasteiger partial charge in [-0.2, -0.15) is 0 Å². The summed E-state index contributed by atoms with van der Waals surface area (Å²) in [6.45, 7) is 7.51. The molecule has 1 aliphatic rings. The monoisotopic (exact) mass is 339 g/mol. The molecule has 3 rings (SSSR count).